The van der Waals surface area contributed by atoms with Gasteiger partial charge in [0.2, 0.25) is 5.91 Å². The lowest BCUT2D eigenvalue weighted by Gasteiger charge is -2.21. The molecule has 2 aliphatic heterocycles. The summed E-state index contributed by atoms with van der Waals surface area (Å²) in [4.78, 5) is 43.5. The largest absolute Gasteiger partial charge is 0.494 e. The number of amides is 3. The lowest BCUT2D eigenvalue weighted by molar-refractivity contribution is -0.123. The Hall–Kier alpha value is -3.17. The van der Waals surface area contributed by atoms with Crippen molar-refractivity contribution in [3.05, 3.63) is 59.0 Å². The van der Waals surface area contributed by atoms with Gasteiger partial charge in [0.15, 0.2) is 0 Å². The van der Waals surface area contributed by atoms with Crippen molar-refractivity contribution in [1.29, 1.82) is 0 Å². The second kappa shape index (κ2) is 12.6. The maximum absolute atomic E-state index is 13.7. The maximum Gasteiger partial charge on any atom is 0.267 e. The molecule has 1 saturated heterocycles. The molecule has 2 aliphatic rings. The van der Waals surface area contributed by atoms with Gasteiger partial charge in [0.1, 0.15) is 16.6 Å². The highest BCUT2D eigenvalue weighted by molar-refractivity contribution is 8.26. The van der Waals surface area contributed by atoms with E-state index in [1.807, 2.05) is 25.1 Å². The molecule has 200 valence electrons. The quantitative estimate of drug-likeness (QED) is 0.279. The molecule has 2 aromatic carbocycles. The molecule has 1 fully saturated rings. The molecule has 1 atom stereocenters. The van der Waals surface area contributed by atoms with E-state index in [2.05, 4.69) is 19.2 Å². The predicted octanol–water partition coefficient (Wildman–Crippen LogP) is 5.86. The molecular formula is C29H33N3O4S2. The Morgan fingerprint density at radius 3 is 2.45 bits per heavy atom. The predicted molar refractivity (Wildman–Crippen MR) is 157 cm³/mol. The molecule has 0 bridgehead atoms. The van der Waals surface area contributed by atoms with Crippen LogP contribution in [-0.4, -0.2) is 46.6 Å². The zero-order valence-electron chi connectivity index (χ0n) is 22.0. The molecule has 1 N–H and O–H groups in total. The number of anilines is 2. The van der Waals surface area contributed by atoms with Gasteiger partial charge in [0.25, 0.3) is 11.8 Å². The van der Waals surface area contributed by atoms with Crippen LogP contribution in [0.25, 0.3) is 5.57 Å². The molecular weight excluding hydrogens is 518 g/mol. The van der Waals surface area contributed by atoms with Gasteiger partial charge in [-0.3, -0.25) is 24.2 Å². The Kier molecular flexibility index (Phi) is 9.22. The van der Waals surface area contributed by atoms with E-state index in [0.717, 1.165) is 25.7 Å². The summed E-state index contributed by atoms with van der Waals surface area (Å²) in [5.74, 6) is 0.135. The van der Waals surface area contributed by atoms with E-state index in [1.165, 1.54) is 16.7 Å². The Balaban J connectivity index is 1.55. The van der Waals surface area contributed by atoms with Crippen molar-refractivity contribution in [2.75, 3.05) is 29.9 Å². The summed E-state index contributed by atoms with van der Waals surface area (Å²) >= 11 is 6.76. The van der Waals surface area contributed by atoms with Crippen LogP contribution in [0.15, 0.2) is 53.4 Å². The molecule has 7 nitrogen and oxygen atoms in total. The first-order chi connectivity index (χ1) is 18.4. The fraction of sp³-hybridized carbons (Fsp3) is 0.379. The Labute approximate surface area is 233 Å². The van der Waals surface area contributed by atoms with Crippen molar-refractivity contribution in [2.24, 2.45) is 5.92 Å². The van der Waals surface area contributed by atoms with Gasteiger partial charge in [-0.25, -0.2) is 0 Å². The Morgan fingerprint density at radius 1 is 1.03 bits per heavy atom. The number of rotatable bonds is 11. The van der Waals surface area contributed by atoms with Crippen LogP contribution >= 0.6 is 24.0 Å². The number of carbonyl (C=O) groups is 3. The van der Waals surface area contributed by atoms with Crippen LogP contribution in [-0.2, 0) is 14.4 Å². The van der Waals surface area contributed by atoms with Crippen molar-refractivity contribution in [2.45, 2.75) is 46.5 Å². The van der Waals surface area contributed by atoms with E-state index in [1.54, 1.807) is 35.2 Å². The van der Waals surface area contributed by atoms with Crippen LogP contribution in [0, 0.1) is 5.92 Å². The van der Waals surface area contributed by atoms with Crippen molar-refractivity contribution in [3.63, 3.8) is 0 Å². The van der Waals surface area contributed by atoms with Crippen LogP contribution in [0.4, 0.5) is 11.4 Å². The number of fused-ring (bicyclic) bond motifs is 1. The van der Waals surface area contributed by atoms with E-state index in [-0.39, 0.29) is 24.3 Å². The van der Waals surface area contributed by atoms with Crippen molar-refractivity contribution < 1.29 is 19.1 Å². The molecule has 2 aromatic rings. The number of hydrogen-bond acceptors (Lipinski definition) is 6. The summed E-state index contributed by atoms with van der Waals surface area (Å²) in [5.41, 5.74) is 2.17. The minimum Gasteiger partial charge on any atom is -0.494 e. The zero-order valence-corrected chi connectivity index (χ0v) is 23.6. The van der Waals surface area contributed by atoms with Gasteiger partial charge in [-0.15, -0.1) is 0 Å². The monoisotopic (exact) mass is 551 g/mol. The van der Waals surface area contributed by atoms with Crippen LogP contribution in [0.2, 0.25) is 0 Å². The number of ether oxygens (including phenoxy) is 1. The molecule has 9 heteroatoms. The SMILES string of the molecule is CCCC[C@H](CC)CN1C(=O)/C(=C2/C(=O)N(CC(=O)Nc3ccc(OCC)cc3)c3ccccc32)SC1=S. The summed E-state index contributed by atoms with van der Waals surface area (Å²) < 4.78 is 5.92. The number of thioether (sulfide) groups is 1. The molecule has 4 rings (SSSR count). The summed E-state index contributed by atoms with van der Waals surface area (Å²) in [6.07, 6.45) is 4.21. The standard InChI is InChI=1S/C29H33N3O4S2/c1-4-7-10-19(5-2)17-32-28(35)26(38-29(32)37)25-22-11-8-9-12-23(22)31(27(25)34)18-24(33)30-20-13-15-21(16-14-20)36-6-3/h8-9,11-16,19H,4-7,10,17-18H2,1-3H3,(H,30,33)/b26-25-/t19-/m0/s1. The molecule has 2 heterocycles. The van der Waals surface area contributed by atoms with Crippen molar-refractivity contribution >= 4 is 63.0 Å². The Bertz CT molecular complexity index is 1260. The lowest BCUT2D eigenvalue weighted by Crippen LogP contribution is -2.36. The third-order valence-corrected chi connectivity index (χ3v) is 8.18. The number of para-hydroxylation sites is 1. The molecule has 3 amide bonds. The van der Waals surface area contributed by atoms with E-state index in [0.29, 0.717) is 56.6 Å². The van der Waals surface area contributed by atoms with Crippen LogP contribution in [0.1, 0.15) is 52.0 Å². The number of nitrogens with one attached hydrogen (secondary N) is 1. The van der Waals surface area contributed by atoms with E-state index < -0.39 is 0 Å². The number of carbonyl (C=O) groups excluding carboxylic acids is 3. The number of unbranched alkanes of at least 4 members (excludes halogenated alkanes) is 1. The third-order valence-electron chi connectivity index (χ3n) is 6.73. The summed E-state index contributed by atoms with van der Waals surface area (Å²) in [6, 6.07) is 14.3. The van der Waals surface area contributed by atoms with Gasteiger partial charge in [-0.05, 0) is 49.6 Å². The first kappa shape index (κ1) is 27.9. The number of hydrogen-bond donors (Lipinski definition) is 1. The average molecular weight is 552 g/mol. The number of benzene rings is 2. The van der Waals surface area contributed by atoms with Crippen LogP contribution in [0.5, 0.6) is 5.75 Å². The molecule has 0 spiro atoms. The first-order valence-corrected chi connectivity index (χ1v) is 14.3. The van der Waals surface area contributed by atoms with Crippen LogP contribution < -0.4 is 15.0 Å². The van der Waals surface area contributed by atoms with E-state index in [4.69, 9.17) is 17.0 Å². The minimum absolute atomic E-state index is 0.179. The van der Waals surface area contributed by atoms with Gasteiger partial charge >= 0.3 is 0 Å². The van der Waals surface area contributed by atoms with Gasteiger partial charge < -0.3 is 10.1 Å². The van der Waals surface area contributed by atoms with Gasteiger partial charge in [0.05, 0.1) is 22.8 Å². The smallest absolute Gasteiger partial charge is 0.267 e. The highest BCUT2D eigenvalue weighted by Crippen LogP contribution is 2.44. The number of thiocarbonyl (C=S) groups is 1. The summed E-state index contributed by atoms with van der Waals surface area (Å²) in [6.45, 7) is 7.13. The second-order valence-corrected chi connectivity index (χ2v) is 11.0. The fourth-order valence-corrected chi connectivity index (χ4v) is 6.03. The Morgan fingerprint density at radius 2 is 1.76 bits per heavy atom. The highest BCUT2D eigenvalue weighted by atomic mass is 32.2. The molecule has 0 radical (unpaired) electrons. The van der Waals surface area contributed by atoms with E-state index in [9.17, 15) is 14.4 Å². The topological polar surface area (TPSA) is 79.0 Å². The van der Waals surface area contributed by atoms with Gasteiger partial charge in [0, 0.05) is 17.8 Å². The maximum atomic E-state index is 13.7. The first-order valence-electron chi connectivity index (χ1n) is 13.1. The van der Waals surface area contributed by atoms with E-state index >= 15 is 0 Å². The van der Waals surface area contributed by atoms with Crippen molar-refractivity contribution in [3.8, 4) is 5.75 Å². The summed E-state index contributed by atoms with van der Waals surface area (Å²) in [5, 5.41) is 2.84. The highest BCUT2D eigenvalue weighted by Gasteiger charge is 2.42. The third kappa shape index (κ3) is 5.94. The second-order valence-electron chi connectivity index (χ2n) is 9.32. The summed E-state index contributed by atoms with van der Waals surface area (Å²) in [7, 11) is 0. The normalized spacial score (nSPS) is 17.7. The average Bonchev–Trinajstić information content (AvgIpc) is 3.34. The molecule has 0 aromatic heterocycles. The molecule has 38 heavy (non-hydrogen) atoms. The minimum atomic E-state index is -0.369. The molecule has 0 aliphatic carbocycles. The van der Waals surface area contributed by atoms with Gasteiger partial charge in [-0.1, -0.05) is 75.3 Å². The van der Waals surface area contributed by atoms with Crippen molar-refractivity contribution in [1.82, 2.24) is 4.90 Å². The van der Waals surface area contributed by atoms with Gasteiger partial charge in [-0.2, -0.15) is 0 Å². The van der Waals surface area contributed by atoms with Crippen LogP contribution in [0.3, 0.4) is 0 Å². The zero-order chi connectivity index (χ0) is 27.2. The number of nitrogens with zero attached hydrogens (tertiary/aromatic N) is 2. The lowest BCUT2D eigenvalue weighted by atomic mass is 9.98. The molecule has 0 saturated carbocycles. The fourth-order valence-electron chi connectivity index (χ4n) is 4.68. The molecule has 0 unspecified atom stereocenters.